The molecule has 0 fully saturated rings. The first-order valence-corrected chi connectivity index (χ1v) is 7.39. The molecule has 1 heterocycles. The Kier molecular flexibility index (Phi) is 3.75. The van der Waals surface area contributed by atoms with Crippen LogP contribution in [-0.4, -0.2) is 16.9 Å². The van der Waals surface area contributed by atoms with Gasteiger partial charge >= 0.3 is 0 Å². The molecule has 0 N–H and O–H groups in total. The van der Waals surface area contributed by atoms with Gasteiger partial charge in [-0.1, -0.05) is 18.2 Å². The van der Waals surface area contributed by atoms with E-state index >= 15 is 0 Å². The fraction of sp³-hybridized carbons (Fsp3) is 0.125. The number of carbonyl (C=O) groups is 1. The van der Waals surface area contributed by atoms with Crippen LogP contribution >= 0.6 is 11.8 Å². The Balaban J connectivity index is 1.82. The summed E-state index contributed by atoms with van der Waals surface area (Å²) in [6.45, 7) is 1.84. The molecule has 1 unspecified atom stereocenters. The summed E-state index contributed by atoms with van der Waals surface area (Å²) in [5, 5.41) is 5.31. The lowest BCUT2D eigenvalue weighted by molar-refractivity contribution is -0.116. The Bertz CT molecular complexity index is 685. The Morgan fingerprint density at radius 1 is 1.10 bits per heavy atom. The van der Waals surface area contributed by atoms with E-state index in [2.05, 4.69) is 5.10 Å². The van der Waals surface area contributed by atoms with E-state index < -0.39 is 0 Å². The molecule has 0 saturated carbocycles. The molecule has 0 aromatic heterocycles. The molecule has 3 rings (SSSR count). The van der Waals surface area contributed by atoms with Crippen molar-refractivity contribution in [3.8, 4) is 0 Å². The fourth-order valence-corrected chi connectivity index (χ4v) is 3.09. The smallest absolute Gasteiger partial charge is 0.266 e. The molecule has 2 aromatic rings. The molecule has 2 aromatic carbocycles. The Hall–Kier alpha value is -2.14. The lowest BCUT2D eigenvalue weighted by atomic mass is 10.2. The summed E-state index contributed by atoms with van der Waals surface area (Å²) in [6.07, 6.45) is 0. The predicted molar refractivity (Wildman–Crippen MR) is 83.1 cm³/mol. The number of hydrogen-bond donors (Lipinski definition) is 0. The number of benzene rings is 2. The second-order valence-corrected chi connectivity index (χ2v) is 5.86. The van der Waals surface area contributed by atoms with Crippen LogP contribution in [0.15, 0.2) is 64.6 Å². The number of hydrogen-bond acceptors (Lipinski definition) is 3. The van der Waals surface area contributed by atoms with Crippen molar-refractivity contribution >= 4 is 29.1 Å². The number of rotatable bonds is 3. The molecule has 0 bridgehead atoms. The molecule has 21 heavy (non-hydrogen) atoms. The van der Waals surface area contributed by atoms with E-state index in [-0.39, 0.29) is 17.0 Å². The SMILES string of the molecule is CC1=NN(c2ccc(F)cc2)C(=O)C1Sc1ccccc1. The van der Waals surface area contributed by atoms with E-state index in [1.165, 1.54) is 28.9 Å². The molecule has 0 radical (unpaired) electrons. The van der Waals surface area contributed by atoms with E-state index in [1.54, 1.807) is 12.1 Å². The monoisotopic (exact) mass is 300 g/mol. The Morgan fingerprint density at radius 2 is 1.76 bits per heavy atom. The van der Waals surface area contributed by atoms with E-state index in [0.29, 0.717) is 5.69 Å². The zero-order chi connectivity index (χ0) is 14.8. The number of hydrazone groups is 1. The van der Waals surface area contributed by atoms with Gasteiger partial charge < -0.3 is 0 Å². The van der Waals surface area contributed by atoms with Gasteiger partial charge in [-0.2, -0.15) is 10.1 Å². The highest BCUT2D eigenvalue weighted by atomic mass is 32.2. The van der Waals surface area contributed by atoms with Crippen LogP contribution in [0.1, 0.15) is 6.92 Å². The van der Waals surface area contributed by atoms with Gasteiger partial charge in [0.25, 0.3) is 5.91 Å². The van der Waals surface area contributed by atoms with Crippen LogP contribution in [0, 0.1) is 5.82 Å². The second-order valence-electron chi connectivity index (χ2n) is 4.68. The van der Waals surface area contributed by atoms with Gasteiger partial charge in [-0.05, 0) is 43.3 Å². The lowest BCUT2D eigenvalue weighted by Gasteiger charge is -2.14. The van der Waals surface area contributed by atoms with Gasteiger partial charge in [0, 0.05) is 4.90 Å². The molecule has 1 aliphatic heterocycles. The molecule has 0 aliphatic carbocycles. The Morgan fingerprint density at radius 3 is 2.43 bits per heavy atom. The summed E-state index contributed by atoms with van der Waals surface area (Å²) >= 11 is 1.47. The topological polar surface area (TPSA) is 32.7 Å². The zero-order valence-electron chi connectivity index (χ0n) is 11.4. The van der Waals surface area contributed by atoms with Gasteiger partial charge in [0.05, 0.1) is 11.4 Å². The van der Waals surface area contributed by atoms with Crippen LogP contribution in [0.2, 0.25) is 0 Å². The molecular weight excluding hydrogens is 287 g/mol. The molecule has 106 valence electrons. The zero-order valence-corrected chi connectivity index (χ0v) is 12.2. The number of anilines is 1. The van der Waals surface area contributed by atoms with Crippen molar-refractivity contribution in [2.45, 2.75) is 17.1 Å². The standard InChI is InChI=1S/C16H13FN2OS/c1-11-15(21-14-5-3-2-4-6-14)16(20)19(18-11)13-9-7-12(17)8-10-13/h2-10,15H,1H3. The van der Waals surface area contributed by atoms with E-state index in [9.17, 15) is 9.18 Å². The normalized spacial score (nSPS) is 18.0. The van der Waals surface area contributed by atoms with E-state index in [0.717, 1.165) is 10.6 Å². The molecule has 0 spiro atoms. The van der Waals surface area contributed by atoms with Gasteiger partial charge in [0.15, 0.2) is 0 Å². The third-order valence-corrected chi connectivity index (χ3v) is 4.46. The average molecular weight is 300 g/mol. The summed E-state index contributed by atoms with van der Waals surface area (Å²) in [6, 6.07) is 15.5. The lowest BCUT2D eigenvalue weighted by Crippen LogP contribution is -2.28. The highest BCUT2D eigenvalue weighted by Crippen LogP contribution is 2.31. The number of carbonyl (C=O) groups excluding carboxylic acids is 1. The average Bonchev–Trinajstić information content (AvgIpc) is 2.77. The molecule has 1 atom stereocenters. The van der Waals surface area contributed by atoms with Crippen molar-refractivity contribution in [1.82, 2.24) is 0 Å². The second kappa shape index (κ2) is 5.69. The number of nitrogens with zero attached hydrogens (tertiary/aromatic N) is 2. The molecule has 0 saturated heterocycles. The van der Waals surface area contributed by atoms with Gasteiger partial charge in [-0.25, -0.2) is 4.39 Å². The van der Waals surface area contributed by atoms with E-state index in [1.807, 2.05) is 37.3 Å². The molecule has 1 amide bonds. The number of amides is 1. The van der Waals surface area contributed by atoms with Crippen LogP contribution in [0.3, 0.4) is 0 Å². The number of halogens is 1. The van der Waals surface area contributed by atoms with Crippen molar-refractivity contribution < 1.29 is 9.18 Å². The maximum absolute atomic E-state index is 13.0. The fourth-order valence-electron chi connectivity index (χ4n) is 2.09. The van der Waals surface area contributed by atoms with Crippen molar-refractivity contribution in [3.63, 3.8) is 0 Å². The predicted octanol–water partition coefficient (Wildman–Crippen LogP) is 3.71. The highest BCUT2D eigenvalue weighted by molar-refractivity contribution is 8.01. The van der Waals surface area contributed by atoms with Gasteiger partial charge in [-0.3, -0.25) is 4.79 Å². The minimum absolute atomic E-state index is 0.104. The van der Waals surface area contributed by atoms with Crippen molar-refractivity contribution in [1.29, 1.82) is 0 Å². The van der Waals surface area contributed by atoms with Crippen molar-refractivity contribution in [2.24, 2.45) is 5.10 Å². The first-order valence-electron chi connectivity index (χ1n) is 6.51. The van der Waals surface area contributed by atoms with E-state index in [4.69, 9.17) is 0 Å². The largest absolute Gasteiger partial charge is 0.271 e. The minimum Gasteiger partial charge on any atom is -0.271 e. The maximum Gasteiger partial charge on any atom is 0.266 e. The van der Waals surface area contributed by atoms with Crippen molar-refractivity contribution in [2.75, 3.05) is 5.01 Å². The van der Waals surface area contributed by atoms with Crippen LogP contribution < -0.4 is 5.01 Å². The molecule has 5 heteroatoms. The third kappa shape index (κ3) is 2.83. The summed E-state index contributed by atoms with van der Waals surface area (Å²) in [5.41, 5.74) is 1.33. The first kappa shape index (κ1) is 13.8. The summed E-state index contributed by atoms with van der Waals surface area (Å²) in [5.74, 6) is -0.436. The van der Waals surface area contributed by atoms with Gasteiger partial charge in [0.2, 0.25) is 0 Å². The number of thioether (sulfide) groups is 1. The molecular formula is C16H13FN2OS. The third-order valence-electron chi connectivity index (χ3n) is 3.14. The van der Waals surface area contributed by atoms with Crippen molar-refractivity contribution in [3.05, 3.63) is 60.4 Å². The quantitative estimate of drug-likeness (QED) is 0.865. The van der Waals surface area contributed by atoms with Crippen LogP contribution in [-0.2, 0) is 4.79 Å². The summed E-state index contributed by atoms with van der Waals surface area (Å²) < 4.78 is 13.0. The van der Waals surface area contributed by atoms with Crippen LogP contribution in [0.5, 0.6) is 0 Å². The van der Waals surface area contributed by atoms with Gasteiger partial charge in [-0.15, -0.1) is 11.8 Å². The van der Waals surface area contributed by atoms with Gasteiger partial charge in [0.1, 0.15) is 11.1 Å². The molecule has 3 nitrogen and oxygen atoms in total. The van der Waals surface area contributed by atoms with Crippen LogP contribution in [0.4, 0.5) is 10.1 Å². The highest BCUT2D eigenvalue weighted by Gasteiger charge is 2.35. The molecule has 1 aliphatic rings. The van der Waals surface area contributed by atoms with Crippen LogP contribution in [0.25, 0.3) is 0 Å². The first-order chi connectivity index (χ1) is 10.1. The Labute approximate surface area is 126 Å². The minimum atomic E-state index is -0.336. The summed E-state index contributed by atoms with van der Waals surface area (Å²) in [7, 11) is 0. The maximum atomic E-state index is 13.0. The summed E-state index contributed by atoms with van der Waals surface area (Å²) in [4.78, 5) is 13.5.